The molecule has 0 saturated heterocycles. The number of hydrogen-bond acceptors (Lipinski definition) is 3. The molecule has 0 spiro atoms. The molecule has 1 atom stereocenters. The zero-order chi connectivity index (χ0) is 20.3. The number of fused-ring (bicyclic) bond motifs is 3. The number of pyridine rings is 1. The molecule has 1 unspecified atom stereocenters. The highest BCUT2D eigenvalue weighted by atomic mass is 35.5. The zero-order valence-electron chi connectivity index (χ0n) is 16.2. The maximum Gasteiger partial charge on any atom is 0.256 e. The van der Waals surface area contributed by atoms with E-state index in [1.165, 1.54) is 0 Å². The van der Waals surface area contributed by atoms with Gasteiger partial charge in [0.1, 0.15) is 11.5 Å². The van der Waals surface area contributed by atoms with Crippen LogP contribution in [0.4, 0.5) is 0 Å². The van der Waals surface area contributed by atoms with Crippen LogP contribution in [0.1, 0.15) is 43.7 Å². The van der Waals surface area contributed by atoms with Crippen molar-refractivity contribution >= 4 is 28.3 Å². The van der Waals surface area contributed by atoms with Gasteiger partial charge < -0.3 is 9.72 Å². The van der Waals surface area contributed by atoms with E-state index in [0.29, 0.717) is 46.0 Å². The van der Waals surface area contributed by atoms with E-state index in [-0.39, 0.29) is 16.8 Å². The maximum atomic E-state index is 13.2. The average molecular weight is 406 g/mol. The maximum absolute atomic E-state index is 13.2. The first-order valence-corrected chi connectivity index (χ1v) is 10.1. The number of ether oxygens (including phenoxy) is 1. The van der Waals surface area contributed by atoms with Gasteiger partial charge in [0, 0.05) is 28.8 Å². The SMILES string of the molecule is CC1(C)CC(=O)C2=C(C1)Oc1c(c(=O)[nH]c3ccccc13)C2c1ccccc1Cl. The summed E-state index contributed by atoms with van der Waals surface area (Å²) < 4.78 is 6.32. The van der Waals surface area contributed by atoms with Crippen molar-refractivity contribution in [1.82, 2.24) is 4.98 Å². The van der Waals surface area contributed by atoms with E-state index in [2.05, 4.69) is 18.8 Å². The van der Waals surface area contributed by atoms with E-state index in [9.17, 15) is 9.59 Å². The Balaban J connectivity index is 1.87. The summed E-state index contributed by atoms with van der Waals surface area (Å²) in [6.45, 7) is 4.13. The summed E-state index contributed by atoms with van der Waals surface area (Å²) in [6, 6.07) is 15.0. The van der Waals surface area contributed by atoms with E-state index in [0.717, 1.165) is 10.9 Å². The predicted molar refractivity (Wildman–Crippen MR) is 114 cm³/mol. The van der Waals surface area contributed by atoms with Crippen LogP contribution in [0.15, 0.2) is 64.7 Å². The standard InChI is InChI=1S/C24H20ClNO3/c1-24(2)11-17(27)20-18(12-24)29-22-14-8-4-6-10-16(14)26-23(28)21(22)19(20)13-7-3-5-9-15(13)25/h3-10,19H,11-12H2,1-2H3,(H,26,28). The lowest BCUT2D eigenvalue weighted by Gasteiger charge is -2.38. The fraction of sp³-hybridized carbons (Fsp3) is 0.250. The molecular weight excluding hydrogens is 386 g/mol. The van der Waals surface area contributed by atoms with Gasteiger partial charge in [-0.3, -0.25) is 9.59 Å². The van der Waals surface area contributed by atoms with Gasteiger partial charge in [-0.2, -0.15) is 0 Å². The number of halogens is 1. The molecule has 29 heavy (non-hydrogen) atoms. The molecular formula is C24H20ClNO3. The Morgan fingerprint density at radius 1 is 1.03 bits per heavy atom. The highest BCUT2D eigenvalue weighted by Gasteiger charge is 2.44. The Morgan fingerprint density at radius 2 is 1.76 bits per heavy atom. The molecule has 5 rings (SSSR count). The van der Waals surface area contributed by atoms with Crippen molar-refractivity contribution in [3.63, 3.8) is 0 Å². The van der Waals surface area contributed by atoms with Gasteiger partial charge in [-0.25, -0.2) is 0 Å². The van der Waals surface area contributed by atoms with Crippen molar-refractivity contribution in [1.29, 1.82) is 0 Å². The van der Waals surface area contributed by atoms with Crippen LogP contribution in [-0.2, 0) is 4.79 Å². The topological polar surface area (TPSA) is 59.2 Å². The number of rotatable bonds is 1. The summed E-state index contributed by atoms with van der Waals surface area (Å²) in [5, 5.41) is 1.35. The van der Waals surface area contributed by atoms with E-state index in [4.69, 9.17) is 16.3 Å². The molecule has 2 aliphatic rings. The number of para-hydroxylation sites is 1. The molecule has 0 radical (unpaired) electrons. The number of ketones is 1. The number of H-pyrrole nitrogens is 1. The molecule has 2 aromatic carbocycles. The summed E-state index contributed by atoms with van der Waals surface area (Å²) in [7, 11) is 0. The molecule has 146 valence electrons. The quantitative estimate of drug-likeness (QED) is 0.593. The summed E-state index contributed by atoms with van der Waals surface area (Å²) >= 11 is 6.54. The molecule has 0 amide bonds. The van der Waals surface area contributed by atoms with Crippen LogP contribution in [-0.4, -0.2) is 10.8 Å². The molecule has 0 saturated carbocycles. The molecule has 1 aliphatic heterocycles. The zero-order valence-corrected chi connectivity index (χ0v) is 17.0. The Kier molecular flexibility index (Phi) is 3.97. The van der Waals surface area contributed by atoms with Crippen LogP contribution >= 0.6 is 11.6 Å². The number of allylic oxidation sites excluding steroid dienone is 2. The van der Waals surface area contributed by atoms with E-state index in [1.807, 2.05) is 42.5 Å². The van der Waals surface area contributed by atoms with E-state index in [1.54, 1.807) is 6.07 Å². The van der Waals surface area contributed by atoms with Crippen molar-refractivity contribution in [3.8, 4) is 5.75 Å². The van der Waals surface area contributed by atoms with Crippen LogP contribution < -0.4 is 10.3 Å². The van der Waals surface area contributed by atoms with Crippen molar-refractivity contribution in [2.24, 2.45) is 5.41 Å². The highest BCUT2D eigenvalue weighted by molar-refractivity contribution is 6.31. The number of aromatic nitrogens is 1. The van der Waals surface area contributed by atoms with Crippen LogP contribution in [0.5, 0.6) is 5.75 Å². The monoisotopic (exact) mass is 405 g/mol. The normalized spacial score (nSPS) is 20.2. The third-order valence-corrected chi connectivity index (χ3v) is 6.15. The molecule has 4 nitrogen and oxygen atoms in total. The van der Waals surface area contributed by atoms with Gasteiger partial charge in [-0.15, -0.1) is 0 Å². The molecule has 5 heteroatoms. The van der Waals surface area contributed by atoms with Crippen LogP contribution in [0, 0.1) is 5.41 Å². The first-order chi connectivity index (χ1) is 13.9. The largest absolute Gasteiger partial charge is 0.460 e. The van der Waals surface area contributed by atoms with Gasteiger partial charge in [-0.05, 0) is 29.2 Å². The first-order valence-electron chi connectivity index (χ1n) is 9.69. The molecule has 2 heterocycles. The minimum absolute atomic E-state index is 0.0133. The number of Topliss-reactive ketones (excluding diaryl/α,β-unsaturated/α-hetero) is 1. The number of hydrogen-bond donors (Lipinski definition) is 1. The fourth-order valence-corrected chi connectivity index (χ4v) is 4.82. The highest BCUT2D eigenvalue weighted by Crippen LogP contribution is 2.51. The van der Waals surface area contributed by atoms with Crippen LogP contribution in [0.3, 0.4) is 0 Å². The van der Waals surface area contributed by atoms with Gasteiger partial charge >= 0.3 is 0 Å². The average Bonchev–Trinajstić information content (AvgIpc) is 2.66. The second-order valence-corrected chi connectivity index (χ2v) is 8.98. The molecule has 3 aromatic rings. The number of benzene rings is 2. The predicted octanol–water partition coefficient (Wildman–Crippen LogP) is 5.35. The van der Waals surface area contributed by atoms with Crippen molar-refractivity contribution in [3.05, 3.63) is 86.4 Å². The summed E-state index contributed by atoms with van der Waals surface area (Å²) in [4.78, 5) is 29.4. The van der Waals surface area contributed by atoms with Crippen LogP contribution in [0.2, 0.25) is 5.02 Å². The summed E-state index contributed by atoms with van der Waals surface area (Å²) in [5.74, 6) is 0.650. The number of carbonyl (C=O) groups is 1. The molecule has 1 aliphatic carbocycles. The molecule has 1 aromatic heterocycles. The minimum atomic E-state index is -0.542. The van der Waals surface area contributed by atoms with Crippen LogP contribution in [0.25, 0.3) is 10.9 Å². The summed E-state index contributed by atoms with van der Waals surface area (Å²) in [5.41, 5.74) is 2.01. The Hall–Kier alpha value is -2.85. The van der Waals surface area contributed by atoms with Crippen molar-refractivity contribution in [2.45, 2.75) is 32.6 Å². The Morgan fingerprint density at radius 3 is 2.55 bits per heavy atom. The van der Waals surface area contributed by atoms with E-state index >= 15 is 0 Å². The van der Waals surface area contributed by atoms with Crippen molar-refractivity contribution < 1.29 is 9.53 Å². The number of aromatic amines is 1. The smallest absolute Gasteiger partial charge is 0.256 e. The lowest BCUT2D eigenvalue weighted by Crippen LogP contribution is -2.35. The fourth-order valence-electron chi connectivity index (χ4n) is 4.58. The molecule has 0 bridgehead atoms. The number of carbonyl (C=O) groups excluding carboxylic acids is 1. The lowest BCUT2D eigenvalue weighted by molar-refractivity contribution is -0.118. The Labute approximate surface area is 173 Å². The number of nitrogens with one attached hydrogen (secondary N) is 1. The van der Waals surface area contributed by atoms with Crippen molar-refractivity contribution in [2.75, 3.05) is 0 Å². The van der Waals surface area contributed by atoms with Gasteiger partial charge in [0.2, 0.25) is 0 Å². The minimum Gasteiger partial charge on any atom is -0.460 e. The third-order valence-electron chi connectivity index (χ3n) is 5.81. The van der Waals surface area contributed by atoms with Gasteiger partial charge in [0.25, 0.3) is 5.56 Å². The third kappa shape index (κ3) is 2.82. The molecule has 0 fully saturated rings. The Bertz CT molecular complexity index is 1270. The first kappa shape index (κ1) is 18.2. The summed E-state index contributed by atoms with van der Waals surface area (Å²) in [6.07, 6.45) is 1.05. The second-order valence-electron chi connectivity index (χ2n) is 8.58. The lowest BCUT2D eigenvalue weighted by atomic mass is 9.70. The van der Waals surface area contributed by atoms with E-state index < -0.39 is 5.92 Å². The van der Waals surface area contributed by atoms with Gasteiger partial charge in [0.15, 0.2) is 5.78 Å². The van der Waals surface area contributed by atoms with Gasteiger partial charge in [0.05, 0.1) is 17.0 Å². The second kappa shape index (κ2) is 6.33. The molecule has 1 N–H and O–H groups in total. The van der Waals surface area contributed by atoms with Gasteiger partial charge in [-0.1, -0.05) is 55.8 Å².